The maximum Gasteiger partial charge on any atom is 0.333 e. The molecule has 10 nitrogen and oxygen atoms in total. The Labute approximate surface area is 326 Å². The molecule has 0 saturated carbocycles. The lowest BCUT2D eigenvalue weighted by atomic mass is 10.0. The van der Waals surface area contributed by atoms with Gasteiger partial charge in [-0.3, -0.25) is 20.4 Å². The van der Waals surface area contributed by atoms with E-state index >= 15 is 0 Å². The number of nitrogens with one attached hydrogen (secondary N) is 6. The Bertz CT molecular complexity index is 778. The number of rotatable bonds is 38. The van der Waals surface area contributed by atoms with Crippen LogP contribution in [-0.2, 0) is 9.59 Å². The molecule has 0 saturated heterocycles. The molecule has 0 rings (SSSR count). The van der Waals surface area contributed by atoms with Crippen LogP contribution in [0.15, 0.2) is 0 Å². The van der Waals surface area contributed by atoms with Crippen LogP contribution in [-0.4, -0.2) is 37.0 Å². The Morgan fingerprint density at radius 2 is 0.509 bits per heavy atom. The second-order valence-corrected chi connectivity index (χ2v) is 15.3. The Hall–Kier alpha value is -2.52. The molecule has 0 spiro atoms. The highest BCUT2D eigenvalue weighted by molar-refractivity contribution is 5.83. The molecule has 0 atom stereocenters. The fraction of sp³-hybridized carbons (Fsp3) is 0.907. The molecule has 10 heteroatoms. The SMILES string of the molecule is CCCCCCCCCCCCCCCCCCNC(=O)NNC(=O)CCCC(=O)NNC(=O)NCCCCCCCCCCCCCCCCCC. The van der Waals surface area contributed by atoms with Gasteiger partial charge in [-0.15, -0.1) is 0 Å². The highest BCUT2D eigenvalue weighted by Crippen LogP contribution is 2.15. The Morgan fingerprint density at radius 3 is 0.755 bits per heavy atom. The number of carbonyl (C=O) groups is 4. The quantitative estimate of drug-likeness (QED) is 0.0276. The van der Waals surface area contributed by atoms with Gasteiger partial charge in [-0.05, 0) is 19.3 Å². The first-order valence-corrected chi connectivity index (χ1v) is 22.6. The molecule has 0 aliphatic carbocycles. The fourth-order valence-corrected chi connectivity index (χ4v) is 6.63. The third kappa shape index (κ3) is 42.1. The average molecular weight is 751 g/mol. The second kappa shape index (κ2) is 42.2. The predicted octanol–water partition coefficient (Wildman–Crippen LogP) is 11.3. The summed E-state index contributed by atoms with van der Waals surface area (Å²) in [6, 6.07) is -0.876. The minimum absolute atomic E-state index is 0.0816. The lowest BCUT2D eigenvalue weighted by molar-refractivity contribution is -0.123. The van der Waals surface area contributed by atoms with E-state index in [9.17, 15) is 19.2 Å². The van der Waals surface area contributed by atoms with Crippen LogP contribution in [0.3, 0.4) is 0 Å². The van der Waals surface area contributed by atoms with Crippen molar-refractivity contribution in [2.45, 2.75) is 239 Å². The summed E-state index contributed by atoms with van der Waals surface area (Å²) in [5.41, 5.74) is 9.44. The summed E-state index contributed by atoms with van der Waals surface area (Å²) >= 11 is 0. The summed E-state index contributed by atoms with van der Waals surface area (Å²) in [6.07, 6.45) is 42.3. The predicted molar refractivity (Wildman–Crippen MR) is 222 cm³/mol. The summed E-state index contributed by atoms with van der Waals surface area (Å²) in [5, 5.41) is 5.52. The summed E-state index contributed by atoms with van der Waals surface area (Å²) in [4.78, 5) is 47.8. The molecule has 0 unspecified atom stereocenters. The van der Waals surface area contributed by atoms with Gasteiger partial charge in [0.2, 0.25) is 11.8 Å². The molecule has 312 valence electrons. The molecule has 6 amide bonds. The molecule has 53 heavy (non-hydrogen) atoms. The molecule has 6 N–H and O–H groups in total. The van der Waals surface area contributed by atoms with Crippen molar-refractivity contribution in [3.63, 3.8) is 0 Å². The molecular formula is C43H86N6O4. The van der Waals surface area contributed by atoms with E-state index in [2.05, 4.69) is 46.2 Å². The number of urea groups is 2. The molecule has 0 aromatic carbocycles. The van der Waals surface area contributed by atoms with E-state index in [0.717, 1.165) is 25.7 Å². The lowest BCUT2D eigenvalue weighted by Crippen LogP contribution is -2.47. The van der Waals surface area contributed by atoms with Crippen molar-refractivity contribution in [1.29, 1.82) is 0 Å². The molecule has 0 bridgehead atoms. The monoisotopic (exact) mass is 751 g/mol. The van der Waals surface area contributed by atoms with Gasteiger partial charge in [-0.25, -0.2) is 20.4 Å². The van der Waals surface area contributed by atoms with Crippen molar-refractivity contribution in [3.05, 3.63) is 0 Å². The summed E-state index contributed by atoms with van der Waals surface area (Å²) in [7, 11) is 0. The van der Waals surface area contributed by atoms with Crippen LogP contribution in [0.1, 0.15) is 239 Å². The zero-order valence-corrected chi connectivity index (χ0v) is 34.8. The normalized spacial score (nSPS) is 10.9. The van der Waals surface area contributed by atoms with Crippen molar-refractivity contribution in [1.82, 2.24) is 32.3 Å². The summed E-state index contributed by atoms with van der Waals surface area (Å²) < 4.78 is 0. The topological polar surface area (TPSA) is 140 Å². The lowest BCUT2D eigenvalue weighted by Gasteiger charge is -2.10. The van der Waals surface area contributed by atoms with E-state index < -0.39 is 12.1 Å². The second-order valence-electron chi connectivity index (χ2n) is 15.3. The molecule has 0 radical (unpaired) electrons. The molecule has 0 heterocycles. The van der Waals surface area contributed by atoms with Gasteiger partial charge in [0.25, 0.3) is 0 Å². The van der Waals surface area contributed by atoms with E-state index in [-0.39, 0.29) is 24.7 Å². The highest BCUT2D eigenvalue weighted by atomic mass is 16.2. The zero-order valence-electron chi connectivity index (χ0n) is 34.8. The van der Waals surface area contributed by atoms with Crippen molar-refractivity contribution >= 4 is 23.9 Å². The third-order valence-electron chi connectivity index (χ3n) is 10.1. The zero-order chi connectivity index (χ0) is 38.7. The Morgan fingerprint density at radius 1 is 0.283 bits per heavy atom. The molecule has 0 aliphatic rings. The van der Waals surface area contributed by atoms with E-state index in [1.54, 1.807) is 0 Å². The van der Waals surface area contributed by atoms with E-state index in [1.165, 1.54) is 180 Å². The minimum atomic E-state index is -0.438. The number of hydrogen-bond donors (Lipinski definition) is 6. The van der Waals surface area contributed by atoms with Crippen LogP contribution in [0.4, 0.5) is 9.59 Å². The molecule has 0 fully saturated rings. The van der Waals surface area contributed by atoms with Crippen LogP contribution in [0.2, 0.25) is 0 Å². The number of hydrogen-bond acceptors (Lipinski definition) is 4. The van der Waals surface area contributed by atoms with Gasteiger partial charge in [0, 0.05) is 25.9 Å². The van der Waals surface area contributed by atoms with Crippen molar-refractivity contribution in [3.8, 4) is 0 Å². The van der Waals surface area contributed by atoms with Gasteiger partial charge in [0.1, 0.15) is 0 Å². The van der Waals surface area contributed by atoms with Crippen LogP contribution in [0.25, 0.3) is 0 Å². The first kappa shape index (κ1) is 50.5. The molecule has 0 aromatic heterocycles. The molecule has 0 aromatic rings. The Kier molecular flexibility index (Phi) is 40.2. The largest absolute Gasteiger partial charge is 0.337 e. The molecular weight excluding hydrogens is 665 g/mol. The summed E-state index contributed by atoms with van der Waals surface area (Å²) in [5.74, 6) is -0.750. The van der Waals surface area contributed by atoms with Crippen LogP contribution >= 0.6 is 0 Å². The van der Waals surface area contributed by atoms with Gasteiger partial charge in [0.15, 0.2) is 0 Å². The van der Waals surface area contributed by atoms with Crippen LogP contribution in [0.5, 0.6) is 0 Å². The molecule has 0 aliphatic heterocycles. The third-order valence-corrected chi connectivity index (χ3v) is 10.1. The first-order chi connectivity index (χ1) is 26.0. The minimum Gasteiger partial charge on any atom is -0.337 e. The van der Waals surface area contributed by atoms with Gasteiger partial charge < -0.3 is 10.6 Å². The smallest absolute Gasteiger partial charge is 0.333 e. The average Bonchev–Trinajstić information content (AvgIpc) is 3.15. The van der Waals surface area contributed by atoms with Crippen molar-refractivity contribution in [2.24, 2.45) is 0 Å². The van der Waals surface area contributed by atoms with Gasteiger partial charge in [-0.2, -0.15) is 0 Å². The maximum absolute atomic E-state index is 12.0. The van der Waals surface area contributed by atoms with Gasteiger partial charge in [0.05, 0.1) is 0 Å². The van der Waals surface area contributed by atoms with E-state index in [4.69, 9.17) is 0 Å². The van der Waals surface area contributed by atoms with Crippen molar-refractivity contribution in [2.75, 3.05) is 13.1 Å². The highest BCUT2D eigenvalue weighted by Gasteiger charge is 2.08. The van der Waals surface area contributed by atoms with E-state index in [1.807, 2.05) is 0 Å². The van der Waals surface area contributed by atoms with Crippen LogP contribution < -0.4 is 32.3 Å². The maximum atomic E-state index is 12.0. The van der Waals surface area contributed by atoms with Gasteiger partial charge >= 0.3 is 12.1 Å². The number of unbranched alkanes of at least 4 members (excludes halogenated alkanes) is 30. The fourth-order valence-electron chi connectivity index (χ4n) is 6.63. The number of hydrazine groups is 2. The Balaban J connectivity index is 3.44. The number of carbonyl (C=O) groups excluding carboxylic acids is 4. The van der Waals surface area contributed by atoms with Gasteiger partial charge in [-0.1, -0.05) is 206 Å². The number of amides is 6. The standard InChI is InChI=1S/C43H86N6O4/c1-3-5-7-9-11-13-15-17-19-21-23-25-27-29-31-33-38-44-42(52)48-46-40(50)36-35-37-41(51)47-49-43(53)45-39-34-32-30-28-26-24-22-20-18-16-14-12-10-8-6-4-2/h3-39H2,1-2H3,(H,46,50)(H,47,51)(H2,44,48,52)(H2,45,49,53). The van der Waals surface area contributed by atoms with Crippen LogP contribution in [0, 0.1) is 0 Å². The summed E-state index contributed by atoms with van der Waals surface area (Å²) in [6.45, 7) is 5.68. The first-order valence-electron chi connectivity index (χ1n) is 22.6. The van der Waals surface area contributed by atoms with E-state index in [0.29, 0.717) is 19.5 Å². The van der Waals surface area contributed by atoms with Crippen molar-refractivity contribution < 1.29 is 19.2 Å².